The number of hydrogen-bond donors (Lipinski definition) is 1. The normalized spacial score (nSPS) is 22.0. The molecule has 1 N–H and O–H groups in total. The number of rotatable bonds is 4. The van der Waals surface area contributed by atoms with Crippen molar-refractivity contribution in [3.05, 3.63) is 29.3 Å². The number of halogens is 1. The van der Waals surface area contributed by atoms with E-state index in [1.165, 1.54) is 6.42 Å². The van der Waals surface area contributed by atoms with Gasteiger partial charge in [0.2, 0.25) is 0 Å². The molecule has 1 aromatic carbocycles. The Labute approximate surface area is 102 Å². The number of hydrogen-bond acceptors (Lipinski definition) is 2. The minimum atomic E-state index is 0.273. The van der Waals surface area contributed by atoms with Gasteiger partial charge in [0, 0.05) is 12.5 Å². The molecular weight excluding hydrogens is 222 g/mol. The smallest absolute Gasteiger partial charge is 0.138 e. The van der Waals surface area contributed by atoms with Crippen molar-refractivity contribution in [1.29, 1.82) is 0 Å². The molecule has 3 heteroatoms. The SMILES string of the molecule is CC[C@@H](Oc1ccccc1Cl)[C@H]1CCNC1. The van der Waals surface area contributed by atoms with Crippen LogP contribution in [0.1, 0.15) is 19.8 Å². The van der Waals surface area contributed by atoms with Crippen LogP contribution in [-0.2, 0) is 0 Å². The van der Waals surface area contributed by atoms with Gasteiger partial charge in [0.15, 0.2) is 0 Å². The average Bonchev–Trinajstić information content (AvgIpc) is 2.81. The van der Waals surface area contributed by atoms with Crippen LogP contribution < -0.4 is 10.1 Å². The summed E-state index contributed by atoms with van der Waals surface area (Å²) in [5.74, 6) is 1.42. The molecule has 0 amide bonds. The third kappa shape index (κ3) is 2.69. The molecule has 0 unspecified atom stereocenters. The summed E-state index contributed by atoms with van der Waals surface area (Å²) in [7, 11) is 0. The Morgan fingerprint density at radius 3 is 2.94 bits per heavy atom. The van der Waals surface area contributed by atoms with Gasteiger partial charge in [-0.3, -0.25) is 0 Å². The van der Waals surface area contributed by atoms with Crippen molar-refractivity contribution < 1.29 is 4.74 Å². The van der Waals surface area contributed by atoms with Crippen molar-refractivity contribution in [2.75, 3.05) is 13.1 Å². The van der Waals surface area contributed by atoms with Gasteiger partial charge >= 0.3 is 0 Å². The van der Waals surface area contributed by atoms with Crippen LogP contribution >= 0.6 is 11.6 Å². The Kier molecular flexibility index (Phi) is 4.08. The molecule has 0 bridgehead atoms. The van der Waals surface area contributed by atoms with E-state index >= 15 is 0 Å². The Morgan fingerprint density at radius 1 is 1.50 bits per heavy atom. The summed E-state index contributed by atoms with van der Waals surface area (Å²) in [6.07, 6.45) is 2.50. The van der Waals surface area contributed by atoms with E-state index in [-0.39, 0.29) is 6.10 Å². The fourth-order valence-electron chi connectivity index (χ4n) is 2.21. The zero-order chi connectivity index (χ0) is 11.4. The zero-order valence-electron chi connectivity index (χ0n) is 9.58. The third-order valence-electron chi connectivity index (χ3n) is 3.14. The van der Waals surface area contributed by atoms with Crippen LogP contribution in [-0.4, -0.2) is 19.2 Å². The van der Waals surface area contributed by atoms with E-state index in [9.17, 15) is 0 Å². The number of benzene rings is 1. The maximum absolute atomic E-state index is 6.09. The lowest BCUT2D eigenvalue weighted by Crippen LogP contribution is -2.28. The van der Waals surface area contributed by atoms with Crippen molar-refractivity contribution in [2.24, 2.45) is 5.92 Å². The monoisotopic (exact) mass is 239 g/mol. The third-order valence-corrected chi connectivity index (χ3v) is 3.45. The molecule has 1 heterocycles. The molecule has 2 nitrogen and oxygen atoms in total. The highest BCUT2D eigenvalue weighted by atomic mass is 35.5. The lowest BCUT2D eigenvalue weighted by Gasteiger charge is -2.23. The maximum Gasteiger partial charge on any atom is 0.138 e. The van der Waals surface area contributed by atoms with Gasteiger partial charge < -0.3 is 10.1 Å². The highest BCUT2D eigenvalue weighted by Crippen LogP contribution is 2.28. The van der Waals surface area contributed by atoms with E-state index in [1.807, 2.05) is 24.3 Å². The molecule has 2 atom stereocenters. The molecular formula is C13H18ClNO. The molecule has 16 heavy (non-hydrogen) atoms. The van der Waals surface area contributed by atoms with Crippen LogP contribution in [0.5, 0.6) is 5.75 Å². The highest BCUT2D eigenvalue weighted by molar-refractivity contribution is 6.32. The zero-order valence-corrected chi connectivity index (χ0v) is 10.3. The molecule has 0 saturated carbocycles. The van der Waals surface area contributed by atoms with Crippen LogP contribution in [0.3, 0.4) is 0 Å². The molecule has 1 aliphatic rings. The van der Waals surface area contributed by atoms with E-state index in [0.29, 0.717) is 10.9 Å². The standard InChI is InChI=1S/C13H18ClNO/c1-2-12(10-7-8-15-9-10)16-13-6-4-3-5-11(13)14/h3-6,10,12,15H,2,7-9H2,1H3/t10-,12+/m0/s1. The molecule has 1 fully saturated rings. The van der Waals surface area contributed by atoms with Crippen molar-refractivity contribution in [3.8, 4) is 5.75 Å². The summed E-state index contributed by atoms with van der Waals surface area (Å²) in [6.45, 7) is 4.33. The number of nitrogens with one attached hydrogen (secondary N) is 1. The molecule has 2 rings (SSSR count). The first kappa shape index (κ1) is 11.7. The number of para-hydroxylation sites is 1. The predicted octanol–water partition coefficient (Wildman–Crippen LogP) is 3.11. The summed E-state index contributed by atoms with van der Waals surface area (Å²) >= 11 is 6.09. The Bertz CT molecular complexity index is 336. The Balaban J connectivity index is 2.03. The number of ether oxygens (including phenoxy) is 1. The lowest BCUT2D eigenvalue weighted by molar-refractivity contribution is 0.138. The largest absolute Gasteiger partial charge is 0.489 e. The van der Waals surface area contributed by atoms with E-state index in [4.69, 9.17) is 16.3 Å². The maximum atomic E-state index is 6.09. The summed E-state index contributed by atoms with van der Waals surface area (Å²) in [4.78, 5) is 0. The topological polar surface area (TPSA) is 21.3 Å². The van der Waals surface area contributed by atoms with Crippen LogP contribution in [0.4, 0.5) is 0 Å². The summed E-state index contributed by atoms with van der Waals surface area (Å²) < 4.78 is 6.01. The Hall–Kier alpha value is -0.730. The van der Waals surface area contributed by atoms with Gasteiger partial charge in [0.05, 0.1) is 5.02 Å². The van der Waals surface area contributed by atoms with Crippen molar-refractivity contribution in [1.82, 2.24) is 5.32 Å². The van der Waals surface area contributed by atoms with Gasteiger partial charge in [0.25, 0.3) is 0 Å². The molecule has 1 saturated heterocycles. The van der Waals surface area contributed by atoms with Gasteiger partial charge in [-0.1, -0.05) is 30.7 Å². The fourth-order valence-corrected chi connectivity index (χ4v) is 2.39. The molecule has 1 aromatic rings. The van der Waals surface area contributed by atoms with Crippen LogP contribution in [0.25, 0.3) is 0 Å². The van der Waals surface area contributed by atoms with E-state index in [2.05, 4.69) is 12.2 Å². The predicted molar refractivity (Wildman–Crippen MR) is 67.1 cm³/mol. The van der Waals surface area contributed by atoms with Gasteiger partial charge in [-0.05, 0) is 31.5 Å². The van der Waals surface area contributed by atoms with Gasteiger partial charge in [-0.2, -0.15) is 0 Å². The van der Waals surface area contributed by atoms with E-state index < -0.39 is 0 Å². The summed E-state index contributed by atoms with van der Waals surface area (Å²) in [5.41, 5.74) is 0. The lowest BCUT2D eigenvalue weighted by atomic mass is 9.99. The van der Waals surface area contributed by atoms with Gasteiger partial charge in [0.1, 0.15) is 11.9 Å². The summed E-state index contributed by atoms with van der Waals surface area (Å²) in [5, 5.41) is 4.08. The van der Waals surface area contributed by atoms with Crippen LogP contribution in [0.2, 0.25) is 5.02 Å². The second-order valence-corrected chi connectivity index (χ2v) is 4.66. The van der Waals surface area contributed by atoms with Crippen LogP contribution in [0, 0.1) is 5.92 Å². The minimum absolute atomic E-state index is 0.273. The quantitative estimate of drug-likeness (QED) is 0.872. The molecule has 0 spiro atoms. The van der Waals surface area contributed by atoms with Crippen molar-refractivity contribution >= 4 is 11.6 Å². The molecule has 1 aliphatic heterocycles. The fraction of sp³-hybridized carbons (Fsp3) is 0.538. The molecule has 0 radical (unpaired) electrons. The van der Waals surface area contributed by atoms with E-state index in [1.54, 1.807) is 0 Å². The molecule has 0 aromatic heterocycles. The molecule has 0 aliphatic carbocycles. The summed E-state index contributed by atoms with van der Waals surface area (Å²) in [6, 6.07) is 7.69. The second kappa shape index (κ2) is 5.55. The van der Waals surface area contributed by atoms with Crippen molar-refractivity contribution in [3.63, 3.8) is 0 Å². The van der Waals surface area contributed by atoms with Crippen LogP contribution in [0.15, 0.2) is 24.3 Å². The molecule has 88 valence electrons. The Morgan fingerprint density at radius 2 is 2.31 bits per heavy atom. The van der Waals surface area contributed by atoms with Crippen molar-refractivity contribution in [2.45, 2.75) is 25.9 Å². The first-order valence-electron chi connectivity index (χ1n) is 5.93. The first-order chi connectivity index (χ1) is 7.81. The highest BCUT2D eigenvalue weighted by Gasteiger charge is 2.25. The first-order valence-corrected chi connectivity index (χ1v) is 6.31. The van der Waals surface area contributed by atoms with Gasteiger partial charge in [-0.25, -0.2) is 0 Å². The second-order valence-electron chi connectivity index (χ2n) is 4.25. The minimum Gasteiger partial charge on any atom is -0.489 e. The average molecular weight is 240 g/mol. The van der Waals surface area contributed by atoms with E-state index in [0.717, 1.165) is 25.3 Å². The van der Waals surface area contributed by atoms with Gasteiger partial charge in [-0.15, -0.1) is 0 Å².